The second-order valence-corrected chi connectivity index (χ2v) is 5.65. The van der Waals surface area contributed by atoms with Gasteiger partial charge in [-0.25, -0.2) is 0 Å². The Morgan fingerprint density at radius 2 is 1.59 bits per heavy atom. The van der Waals surface area contributed by atoms with Gasteiger partial charge in [-0.2, -0.15) is 0 Å². The molecule has 1 amide bonds. The van der Waals surface area contributed by atoms with Gasteiger partial charge < -0.3 is 10.6 Å². The van der Waals surface area contributed by atoms with Crippen molar-refractivity contribution in [3.63, 3.8) is 0 Å². The average molecular weight is 296 g/mol. The third kappa shape index (κ3) is 4.35. The Kier molecular flexibility index (Phi) is 5.59. The first kappa shape index (κ1) is 16.1. The van der Waals surface area contributed by atoms with Crippen molar-refractivity contribution in [2.24, 2.45) is 0 Å². The van der Waals surface area contributed by atoms with Crippen LogP contribution < -0.4 is 10.6 Å². The van der Waals surface area contributed by atoms with Crippen LogP contribution in [0.25, 0.3) is 0 Å². The maximum atomic E-state index is 12.2. The van der Waals surface area contributed by atoms with Crippen LogP contribution in [0.15, 0.2) is 54.6 Å². The lowest BCUT2D eigenvalue weighted by atomic mass is 9.98. The second-order valence-electron chi connectivity index (χ2n) is 5.65. The first-order valence-corrected chi connectivity index (χ1v) is 7.82. The molecule has 0 saturated heterocycles. The number of benzene rings is 2. The third-order valence-corrected chi connectivity index (χ3v) is 3.91. The van der Waals surface area contributed by atoms with Crippen LogP contribution in [-0.4, -0.2) is 11.9 Å². The highest BCUT2D eigenvalue weighted by molar-refractivity contribution is 5.96. The molecule has 2 N–H and O–H groups in total. The number of hydrogen-bond donors (Lipinski definition) is 2. The van der Waals surface area contributed by atoms with Crippen LogP contribution >= 0.6 is 0 Å². The number of anilines is 2. The van der Waals surface area contributed by atoms with Gasteiger partial charge in [0.15, 0.2) is 0 Å². The number of para-hydroxylation sites is 1. The molecule has 2 atom stereocenters. The Balaban J connectivity index is 1.93. The molecular weight excluding hydrogens is 272 g/mol. The second kappa shape index (κ2) is 7.64. The van der Waals surface area contributed by atoms with Gasteiger partial charge in [0, 0.05) is 11.4 Å². The molecule has 2 rings (SSSR count). The predicted octanol–water partition coefficient (Wildman–Crippen LogP) is 4.64. The number of carbonyl (C=O) groups is 1. The van der Waals surface area contributed by atoms with Gasteiger partial charge in [0.2, 0.25) is 5.91 Å². The van der Waals surface area contributed by atoms with Gasteiger partial charge in [0.1, 0.15) is 6.04 Å². The average Bonchev–Trinajstić information content (AvgIpc) is 2.55. The molecule has 0 spiro atoms. The Morgan fingerprint density at radius 1 is 0.955 bits per heavy atom. The highest BCUT2D eigenvalue weighted by Crippen LogP contribution is 2.20. The molecule has 0 radical (unpaired) electrons. The van der Waals surface area contributed by atoms with Crippen LogP contribution in [-0.2, 0) is 4.79 Å². The number of rotatable bonds is 6. The minimum Gasteiger partial charge on any atom is -0.374 e. The van der Waals surface area contributed by atoms with E-state index >= 15 is 0 Å². The van der Waals surface area contributed by atoms with Crippen LogP contribution in [0.4, 0.5) is 11.4 Å². The fourth-order valence-electron chi connectivity index (χ4n) is 2.23. The van der Waals surface area contributed by atoms with Crippen molar-refractivity contribution in [2.45, 2.75) is 39.2 Å². The molecule has 22 heavy (non-hydrogen) atoms. The topological polar surface area (TPSA) is 41.1 Å². The molecule has 3 nitrogen and oxygen atoms in total. The van der Waals surface area contributed by atoms with E-state index in [1.165, 1.54) is 5.56 Å². The molecule has 2 aromatic rings. The van der Waals surface area contributed by atoms with E-state index in [4.69, 9.17) is 0 Å². The zero-order valence-corrected chi connectivity index (χ0v) is 13.5. The fraction of sp³-hybridized carbons (Fsp3) is 0.316. The summed E-state index contributed by atoms with van der Waals surface area (Å²) in [5.74, 6) is 0.519. The Morgan fingerprint density at radius 3 is 2.18 bits per heavy atom. The van der Waals surface area contributed by atoms with Crippen molar-refractivity contribution in [1.29, 1.82) is 0 Å². The highest BCUT2D eigenvalue weighted by atomic mass is 16.2. The first-order valence-electron chi connectivity index (χ1n) is 7.82. The monoisotopic (exact) mass is 296 g/mol. The van der Waals surface area contributed by atoms with Gasteiger partial charge in [0.25, 0.3) is 0 Å². The van der Waals surface area contributed by atoms with E-state index in [9.17, 15) is 4.79 Å². The number of carbonyl (C=O) groups excluding carboxylic acids is 1. The molecular formula is C19H24N2O. The molecule has 0 aliphatic rings. The summed E-state index contributed by atoms with van der Waals surface area (Å²) in [5, 5.41) is 6.13. The van der Waals surface area contributed by atoms with E-state index in [1.807, 2.05) is 49.4 Å². The van der Waals surface area contributed by atoms with E-state index in [1.54, 1.807) is 0 Å². The SMILES string of the molecule is CC[C@@H](C)c1ccc(N[C@H](C)C(=O)Nc2ccccc2)cc1. The minimum atomic E-state index is -0.297. The van der Waals surface area contributed by atoms with Crippen molar-refractivity contribution in [3.8, 4) is 0 Å². The lowest BCUT2D eigenvalue weighted by molar-refractivity contribution is -0.116. The van der Waals surface area contributed by atoms with Crippen LogP contribution in [0.1, 0.15) is 38.7 Å². The van der Waals surface area contributed by atoms with Crippen molar-refractivity contribution < 1.29 is 4.79 Å². The lowest BCUT2D eigenvalue weighted by Crippen LogP contribution is -2.31. The fourth-order valence-corrected chi connectivity index (χ4v) is 2.23. The van der Waals surface area contributed by atoms with E-state index in [0.717, 1.165) is 17.8 Å². The van der Waals surface area contributed by atoms with Gasteiger partial charge in [-0.3, -0.25) is 4.79 Å². The normalized spacial score (nSPS) is 13.2. The molecule has 0 aromatic heterocycles. The Labute approximate surface area is 132 Å². The maximum Gasteiger partial charge on any atom is 0.246 e. The standard InChI is InChI=1S/C19H24N2O/c1-4-14(2)16-10-12-18(13-11-16)20-15(3)19(22)21-17-8-6-5-7-9-17/h5-15,20H,4H2,1-3H3,(H,21,22)/t14-,15-/m1/s1. The molecule has 3 heteroatoms. The molecule has 0 heterocycles. The van der Waals surface area contributed by atoms with Crippen LogP contribution in [0, 0.1) is 0 Å². The summed E-state index contributed by atoms with van der Waals surface area (Å²) in [6.07, 6.45) is 1.13. The van der Waals surface area contributed by atoms with Crippen LogP contribution in [0.3, 0.4) is 0 Å². The minimum absolute atomic E-state index is 0.0443. The summed E-state index contributed by atoms with van der Waals surface area (Å²) in [4.78, 5) is 12.2. The predicted molar refractivity (Wildman–Crippen MR) is 93.3 cm³/mol. The number of amides is 1. The van der Waals surface area contributed by atoms with Gasteiger partial charge in [-0.1, -0.05) is 44.2 Å². The quantitative estimate of drug-likeness (QED) is 0.815. The zero-order valence-electron chi connectivity index (χ0n) is 13.5. The summed E-state index contributed by atoms with van der Waals surface area (Å²) in [6, 6.07) is 17.5. The zero-order chi connectivity index (χ0) is 15.9. The van der Waals surface area contributed by atoms with E-state index in [0.29, 0.717) is 5.92 Å². The third-order valence-electron chi connectivity index (χ3n) is 3.91. The van der Waals surface area contributed by atoms with Crippen molar-refractivity contribution in [3.05, 3.63) is 60.2 Å². The lowest BCUT2D eigenvalue weighted by Gasteiger charge is -2.16. The summed E-state index contributed by atoms with van der Waals surface area (Å²) < 4.78 is 0. The van der Waals surface area contributed by atoms with Gasteiger partial charge in [-0.15, -0.1) is 0 Å². The Hall–Kier alpha value is -2.29. The van der Waals surface area contributed by atoms with Crippen LogP contribution in [0.5, 0.6) is 0 Å². The van der Waals surface area contributed by atoms with Crippen LogP contribution in [0.2, 0.25) is 0 Å². The van der Waals surface area contributed by atoms with Gasteiger partial charge in [-0.05, 0) is 49.1 Å². The summed E-state index contributed by atoms with van der Waals surface area (Å²) >= 11 is 0. The largest absolute Gasteiger partial charge is 0.374 e. The summed E-state index contributed by atoms with van der Waals surface area (Å²) in [7, 11) is 0. The van der Waals surface area contributed by atoms with Gasteiger partial charge >= 0.3 is 0 Å². The van der Waals surface area contributed by atoms with E-state index in [2.05, 4.69) is 36.6 Å². The van der Waals surface area contributed by atoms with Crippen molar-refractivity contribution in [1.82, 2.24) is 0 Å². The highest BCUT2D eigenvalue weighted by Gasteiger charge is 2.12. The van der Waals surface area contributed by atoms with E-state index in [-0.39, 0.29) is 11.9 Å². The van der Waals surface area contributed by atoms with Gasteiger partial charge in [0.05, 0.1) is 0 Å². The first-order chi connectivity index (χ1) is 10.6. The smallest absolute Gasteiger partial charge is 0.246 e. The molecule has 116 valence electrons. The maximum absolute atomic E-state index is 12.2. The molecule has 0 saturated carbocycles. The number of nitrogens with one attached hydrogen (secondary N) is 2. The van der Waals surface area contributed by atoms with Crippen molar-refractivity contribution in [2.75, 3.05) is 10.6 Å². The molecule has 0 unspecified atom stereocenters. The molecule has 2 aromatic carbocycles. The molecule has 0 aliphatic carbocycles. The Bertz CT molecular complexity index is 593. The van der Waals surface area contributed by atoms with Crippen molar-refractivity contribution >= 4 is 17.3 Å². The molecule has 0 aliphatic heterocycles. The summed E-state index contributed by atoms with van der Waals surface area (Å²) in [6.45, 7) is 6.27. The molecule has 0 bridgehead atoms. The van der Waals surface area contributed by atoms with E-state index < -0.39 is 0 Å². The summed E-state index contributed by atoms with van der Waals surface area (Å²) in [5.41, 5.74) is 3.10. The molecule has 0 fully saturated rings. The number of hydrogen-bond acceptors (Lipinski definition) is 2.